The van der Waals surface area contributed by atoms with Crippen LogP contribution in [0.2, 0.25) is 0 Å². The molecule has 1 amide bonds. The molecule has 0 aliphatic carbocycles. The zero-order valence-electron chi connectivity index (χ0n) is 14.4. The van der Waals surface area contributed by atoms with E-state index in [9.17, 15) is 4.79 Å². The second kappa shape index (κ2) is 8.33. The summed E-state index contributed by atoms with van der Waals surface area (Å²) in [5.41, 5.74) is 3.31. The molecule has 0 bridgehead atoms. The Hall–Kier alpha value is -2.82. The second-order valence-electron chi connectivity index (χ2n) is 6.01. The summed E-state index contributed by atoms with van der Waals surface area (Å²) < 4.78 is 8.07. The number of carbonyl (C=O) groups is 1. The monoisotopic (exact) mass is 337 g/mol. The van der Waals surface area contributed by atoms with E-state index in [1.54, 1.807) is 0 Å². The number of amides is 1. The maximum atomic E-state index is 10.5. The van der Waals surface area contributed by atoms with Gasteiger partial charge in [0.05, 0.1) is 17.6 Å². The molecule has 3 rings (SSSR count). The molecule has 3 aromatic rings. The molecule has 0 aliphatic rings. The first-order valence-corrected chi connectivity index (χ1v) is 8.58. The van der Waals surface area contributed by atoms with Gasteiger partial charge in [-0.1, -0.05) is 24.3 Å². The van der Waals surface area contributed by atoms with Gasteiger partial charge in [0, 0.05) is 19.5 Å². The molecule has 0 saturated heterocycles. The van der Waals surface area contributed by atoms with Gasteiger partial charge in [0.1, 0.15) is 11.6 Å². The summed E-state index contributed by atoms with van der Waals surface area (Å²) in [5, 5.41) is 2.70. The van der Waals surface area contributed by atoms with E-state index in [0.717, 1.165) is 42.0 Å². The molecule has 0 saturated carbocycles. The largest absolute Gasteiger partial charge is 0.494 e. The minimum Gasteiger partial charge on any atom is -0.494 e. The molecular formula is C20H23N3O2. The molecule has 25 heavy (non-hydrogen) atoms. The summed E-state index contributed by atoms with van der Waals surface area (Å²) >= 11 is 0. The van der Waals surface area contributed by atoms with Crippen molar-refractivity contribution < 1.29 is 9.53 Å². The third kappa shape index (κ3) is 4.38. The Morgan fingerprint density at radius 1 is 1.20 bits per heavy atom. The van der Waals surface area contributed by atoms with Crippen LogP contribution in [0.5, 0.6) is 5.75 Å². The number of nitrogens with one attached hydrogen (secondary N) is 1. The smallest absolute Gasteiger partial charge is 0.207 e. The average molecular weight is 337 g/mol. The summed E-state index contributed by atoms with van der Waals surface area (Å²) in [6.07, 6.45) is 2.33. The normalized spacial score (nSPS) is 10.8. The van der Waals surface area contributed by atoms with Crippen LogP contribution in [0, 0.1) is 6.92 Å². The number of hydrogen-bond acceptors (Lipinski definition) is 3. The van der Waals surface area contributed by atoms with Gasteiger partial charge >= 0.3 is 0 Å². The van der Waals surface area contributed by atoms with Crippen molar-refractivity contribution in [2.24, 2.45) is 0 Å². The fraction of sp³-hybridized carbons (Fsp3) is 0.300. The van der Waals surface area contributed by atoms with Crippen LogP contribution in [0.15, 0.2) is 48.5 Å². The van der Waals surface area contributed by atoms with Crippen LogP contribution in [-0.4, -0.2) is 29.1 Å². The maximum Gasteiger partial charge on any atom is 0.207 e. The van der Waals surface area contributed by atoms with E-state index in [-0.39, 0.29) is 0 Å². The van der Waals surface area contributed by atoms with E-state index in [1.165, 1.54) is 5.56 Å². The topological polar surface area (TPSA) is 56.1 Å². The number of fused-ring (bicyclic) bond motifs is 1. The predicted octanol–water partition coefficient (Wildman–Crippen LogP) is 3.10. The maximum absolute atomic E-state index is 10.5. The van der Waals surface area contributed by atoms with Crippen LogP contribution < -0.4 is 10.1 Å². The highest BCUT2D eigenvalue weighted by atomic mass is 16.5. The molecule has 5 nitrogen and oxygen atoms in total. The van der Waals surface area contributed by atoms with E-state index >= 15 is 0 Å². The molecule has 0 atom stereocenters. The summed E-state index contributed by atoms with van der Waals surface area (Å²) in [4.78, 5) is 15.2. The number of ether oxygens (including phenoxy) is 1. The van der Waals surface area contributed by atoms with Crippen molar-refractivity contribution in [1.29, 1.82) is 0 Å². The molecule has 1 N–H and O–H groups in total. The first-order chi connectivity index (χ1) is 12.3. The highest BCUT2D eigenvalue weighted by Crippen LogP contribution is 2.17. The number of carbonyl (C=O) groups excluding carboxylic acids is 1. The van der Waals surface area contributed by atoms with Gasteiger partial charge in [-0.2, -0.15) is 0 Å². The number of para-hydroxylation sites is 2. The van der Waals surface area contributed by atoms with Gasteiger partial charge in [0.15, 0.2) is 0 Å². The Kier molecular flexibility index (Phi) is 5.67. The van der Waals surface area contributed by atoms with Gasteiger partial charge in [-0.15, -0.1) is 0 Å². The number of benzene rings is 2. The van der Waals surface area contributed by atoms with Gasteiger partial charge < -0.3 is 14.6 Å². The minimum atomic E-state index is 0.590. The Labute approximate surface area is 147 Å². The SMILES string of the molecule is Cc1cccc(OCCCn2c(CCNC=O)nc3ccccc32)c1. The van der Waals surface area contributed by atoms with Gasteiger partial charge in [-0.25, -0.2) is 4.98 Å². The number of aryl methyl sites for hydroxylation is 2. The Morgan fingerprint density at radius 2 is 2.08 bits per heavy atom. The molecular weight excluding hydrogens is 314 g/mol. The van der Waals surface area contributed by atoms with Crippen molar-refractivity contribution in [2.75, 3.05) is 13.2 Å². The zero-order valence-corrected chi connectivity index (χ0v) is 14.4. The molecule has 0 aliphatic heterocycles. The molecule has 1 aromatic heterocycles. The van der Waals surface area contributed by atoms with Crippen LogP contribution in [-0.2, 0) is 17.8 Å². The number of hydrogen-bond donors (Lipinski definition) is 1. The van der Waals surface area contributed by atoms with Crippen LogP contribution >= 0.6 is 0 Å². The van der Waals surface area contributed by atoms with Crippen LogP contribution in [0.25, 0.3) is 11.0 Å². The molecule has 0 unspecified atom stereocenters. The summed E-state index contributed by atoms with van der Waals surface area (Å²) in [7, 11) is 0. The fourth-order valence-electron chi connectivity index (χ4n) is 2.93. The van der Waals surface area contributed by atoms with Gasteiger partial charge in [0.25, 0.3) is 0 Å². The third-order valence-electron chi connectivity index (χ3n) is 4.09. The number of imidazole rings is 1. The number of rotatable bonds is 9. The molecule has 0 spiro atoms. The van der Waals surface area contributed by atoms with E-state index in [2.05, 4.69) is 28.9 Å². The molecule has 2 aromatic carbocycles. The van der Waals surface area contributed by atoms with Crippen LogP contribution in [0.1, 0.15) is 17.8 Å². The lowest BCUT2D eigenvalue weighted by atomic mass is 10.2. The lowest BCUT2D eigenvalue weighted by molar-refractivity contribution is -0.109. The van der Waals surface area contributed by atoms with Gasteiger partial charge in [-0.05, 0) is 43.2 Å². The molecule has 5 heteroatoms. The Balaban J connectivity index is 1.64. The van der Waals surface area contributed by atoms with Crippen molar-refractivity contribution >= 4 is 17.4 Å². The highest BCUT2D eigenvalue weighted by Gasteiger charge is 2.09. The average Bonchev–Trinajstić information content (AvgIpc) is 2.97. The van der Waals surface area contributed by atoms with E-state index in [0.29, 0.717) is 19.6 Å². The standard InChI is InChI=1S/C20H23N3O2/c1-16-6-4-7-17(14-16)25-13-5-12-23-19-9-3-2-8-18(19)22-20(23)10-11-21-15-24/h2-4,6-9,14-15H,5,10-13H2,1H3,(H,21,24). The van der Waals surface area contributed by atoms with Crippen molar-refractivity contribution in [3.05, 3.63) is 59.9 Å². The fourth-order valence-corrected chi connectivity index (χ4v) is 2.93. The summed E-state index contributed by atoms with van der Waals surface area (Å²) in [6.45, 7) is 4.14. The molecule has 0 radical (unpaired) electrons. The first kappa shape index (κ1) is 17.0. The highest BCUT2D eigenvalue weighted by molar-refractivity contribution is 5.75. The Bertz CT molecular complexity index is 842. The van der Waals surface area contributed by atoms with E-state index < -0.39 is 0 Å². The van der Waals surface area contributed by atoms with Gasteiger partial charge in [0.2, 0.25) is 6.41 Å². The van der Waals surface area contributed by atoms with Crippen LogP contribution in [0.4, 0.5) is 0 Å². The van der Waals surface area contributed by atoms with Crippen LogP contribution in [0.3, 0.4) is 0 Å². The summed E-state index contributed by atoms with van der Waals surface area (Å²) in [5.74, 6) is 1.90. The number of nitrogens with zero attached hydrogens (tertiary/aromatic N) is 2. The third-order valence-corrected chi connectivity index (χ3v) is 4.09. The molecule has 0 fully saturated rings. The van der Waals surface area contributed by atoms with Gasteiger partial charge in [-0.3, -0.25) is 4.79 Å². The van der Waals surface area contributed by atoms with E-state index in [1.807, 2.05) is 36.4 Å². The second-order valence-corrected chi connectivity index (χ2v) is 6.01. The lowest BCUT2D eigenvalue weighted by Gasteiger charge is -2.10. The van der Waals surface area contributed by atoms with Crippen molar-refractivity contribution in [2.45, 2.75) is 26.3 Å². The number of aromatic nitrogens is 2. The minimum absolute atomic E-state index is 0.590. The first-order valence-electron chi connectivity index (χ1n) is 8.58. The molecule has 130 valence electrons. The molecule has 1 heterocycles. The Morgan fingerprint density at radius 3 is 2.92 bits per heavy atom. The van der Waals surface area contributed by atoms with Crippen molar-refractivity contribution in [3.63, 3.8) is 0 Å². The van der Waals surface area contributed by atoms with Crippen molar-refractivity contribution in [3.8, 4) is 5.75 Å². The quantitative estimate of drug-likeness (QED) is 0.482. The summed E-state index contributed by atoms with van der Waals surface area (Å²) in [6, 6.07) is 16.2. The lowest BCUT2D eigenvalue weighted by Crippen LogP contribution is -2.17. The zero-order chi connectivity index (χ0) is 17.5. The van der Waals surface area contributed by atoms with E-state index in [4.69, 9.17) is 9.72 Å². The predicted molar refractivity (Wildman–Crippen MR) is 98.8 cm³/mol. The van der Waals surface area contributed by atoms with Crippen molar-refractivity contribution in [1.82, 2.24) is 14.9 Å².